The molecular formula is C13H14FNO. The summed E-state index contributed by atoms with van der Waals surface area (Å²) in [7, 11) is 1.45. The van der Waals surface area contributed by atoms with Crippen molar-refractivity contribution in [1.29, 1.82) is 5.26 Å². The molecule has 0 radical (unpaired) electrons. The number of hydrogen-bond donors (Lipinski definition) is 0. The van der Waals surface area contributed by atoms with Crippen LogP contribution < -0.4 is 4.74 Å². The first-order valence-electron chi connectivity index (χ1n) is 5.43. The molecule has 1 aromatic carbocycles. The largest absolute Gasteiger partial charge is 0.494 e. The Labute approximate surface area is 94.7 Å². The monoisotopic (exact) mass is 219 g/mol. The second-order valence-corrected chi connectivity index (χ2v) is 4.36. The van der Waals surface area contributed by atoms with Crippen molar-refractivity contribution in [1.82, 2.24) is 0 Å². The van der Waals surface area contributed by atoms with E-state index in [1.165, 1.54) is 7.11 Å². The van der Waals surface area contributed by atoms with E-state index in [2.05, 4.69) is 6.07 Å². The third-order valence-electron chi connectivity index (χ3n) is 3.34. The molecule has 1 aromatic rings. The summed E-state index contributed by atoms with van der Waals surface area (Å²) >= 11 is 0. The molecule has 0 unspecified atom stereocenters. The molecule has 2 nitrogen and oxygen atoms in total. The van der Waals surface area contributed by atoms with Gasteiger partial charge in [-0.1, -0.05) is 18.6 Å². The van der Waals surface area contributed by atoms with Crippen molar-refractivity contribution >= 4 is 0 Å². The Morgan fingerprint density at radius 1 is 1.50 bits per heavy atom. The van der Waals surface area contributed by atoms with E-state index in [0.717, 1.165) is 19.3 Å². The van der Waals surface area contributed by atoms with E-state index >= 15 is 0 Å². The van der Waals surface area contributed by atoms with Gasteiger partial charge in [0.15, 0.2) is 11.6 Å². The Morgan fingerprint density at radius 3 is 2.75 bits per heavy atom. The molecule has 0 N–H and O–H groups in total. The first kappa shape index (κ1) is 10.9. The van der Waals surface area contributed by atoms with Crippen molar-refractivity contribution in [3.05, 3.63) is 29.6 Å². The molecule has 0 spiro atoms. The summed E-state index contributed by atoms with van der Waals surface area (Å²) < 4.78 is 18.8. The lowest BCUT2D eigenvalue weighted by Crippen LogP contribution is -2.30. The molecule has 3 heteroatoms. The number of nitrogens with zero attached hydrogens (tertiary/aromatic N) is 1. The summed E-state index contributed by atoms with van der Waals surface area (Å²) in [5, 5.41) is 9.11. The average Bonchev–Trinajstić information content (AvgIpc) is 2.25. The maximum atomic E-state index is 13.9. The molecule has 0 aromatic heterocycles. The highest BCUT2D eigenvalue weighted by Crippen LogP contribution is 2.43. The van der Waals surface area contributed by atoms with Crippen LogP contribution >= 0.6 is 0 Å². The Balaban J connectivity index is 2.25. The Morgan fingerprint density at radius 2 is 2.25 bits per heavy atom. The second kappa shape index (κ2) is 4.13. The molecule has 0 amide bonds. The lowest BCUT2D eigenvalue weighted by molar-refractivity contribution is 0.211. The highest BCUT2D eigenvalue weighted by Gasteiger charge is 2.38. The van der Waals surface area contributed by atoms with Gasteiger partial charge < -0.3 is 4.74 Å². The van der Waals surface area contributed by atoms with Crippen molar-refractivity contribution in [2.75, 3.05) is 7.11 Å². The summed E-state index contributed by atoms with van der Waals surface area (Å²) in [5.74, 6) is -0.0727. The molecule has 0 bridgehead atoms. The molecule has 84 valence electrons. The zero-order chi connectivity index (χ0) is 11.6. The minimum Gasteiger partial charge on any atom is -0.494 e. The standard InChI is InChI=1S/C13H14FNO/c1-16-11-5-2-4-10(12(11)14)8-13(9-15)6-3-7-13/h2,4-5H,3,6-8H2,1H3. The van der Waals surface area contributed by atoms with E-state index in [-0.39, 0.29) is 17.0 Å². The van der Waals surface area contributed by atoms with Crippen molar-refractivity contribution in [3.63, 3.8) is 0 Å². The third-order valence-corrected chi connectivity index (χ3v) is 3.34. The Hall–Kier alpha value is -1.56. The molecule has 0 atom stereocenters. The van der Waals surface area contributed by atoms with Crippen LogP contribution in [0, 0.1) is 22.6 Å². The van der Waals surface area contributed by atoms with Crippen molar-refractivity contribution in [3.8, 4) is 11.8 Å². The second-order valence-electron chi connectivity index (χ2n) is 4.36. The van der Waals surface area contributed by atoms with E-state index in [1.54, 1.807) is 18.2 Å². The number of benzene rings is 1. The number of methoxy groups -OCH3 is 1. The van der Waals surface area contributed by atoms with Crippen molar-refractivity contribution < 1.29 is 9.13 Å². The number of nitriles is 1. The highest BCUT2D eigenvalue weighted by atomic mass is 19.1. The summed E-state index contributed by atoms with van der Waals surface area (Å²) in [6.45, 7) is 0. The summed E-state index contributed by atoms with van der Waals surface area (Å²) in [5.41, 5.74) is 0.244. The van der Waals surface area contributed by atoms with Crippen LogP contribution in [0.1, 0.15) is 24.8 Å². The fourth-order valence-corrected chi connectivity index (χ4v) is 2.15. The van der Waals surface area contributed by atoms with Gasteiger partial charge in [0.25, 0.3) is 0 Å². The normalized spacial score (nSPS) is 17.3. The van der Waals surface area contributed by atoms with Gasteiger partial charge in [-0.2, -0.15) is 5.26 Å². The molecule has 0 saturated heterocycles. The Kier molecular flexibility index (Phi) is 2.82. The molecule has 2 rings (SSSR count). The summed E-state index contributed by atoms with van der Waals surface area (Å²) in [4.78, 5) is 0. The van der Waals surface area contributed by atoms with Gasteiger partial charge in [-0.3, -0.25) is 0 Å². The first-order chi connectivity index (χ1) is 7.71. The number of halogens is 1. The minimum atomic E-state index is -0.340. The molecule has 1 aliphatic carbocycles. The summed E-state index contributed by atoms with van der Waals surface area (Å²) in [6.07, 6.45) is 3.31. The summed E-state index contributed by atoms with van der Waals surface area (Å²) in [6, 6.07) is 7.41. The van der Waals surface area contributed by atoms with Crippen LogP contribution in [0.5, 0.6) is 5.75 Å². The maximum Gasteiger partial charge on any atom is 0.168 e. The maximum absolute atomic E-state index is 13.9. The smallest absolute Gasteiger partial charge is 0.168 e. The topological polar surface area (TPSA) is 33.0 Å². The zero-order valence-electron chi connectivity index (χ0n) is 9.29. The number of hydrogen-bond acceptors (Lipinski definition) is 2. The zero-order valence-corrected chi connectivity index (χ0v) is 9.29. The van der Waals surface area contributed by atoms with Gasteiger partial charge in [-0.05, 0) is 30.9 Å². The predicted octanol–water partition coefficient (Wildman–Crippen LogP) is 3.07. The van der Waals surface area contributed by atoms with Gasteiger partial charge in [-0.15, -0.1) is 0 Å². The lowest BCUT2D eigenvalue weighted by atomic mass is 9.66. The van der Waals surface area contributed by atoms with Crippen LogP contribution in [0.25, 0.3) is 0 Å². The third kappa shape index (κ3) is 1.76. The van der Waals surface area contributed by atoms with E-state index in [0.29, 0.717) is 12.0 Å². The van der Waals surface area contributed by atoms with E-state index < -0.39 is 0 Å². The molecule has 0 heterocycles. The Bertz CT molecular complexity index is 432. The molecule has 16 heavy (non-hydrogen) atoms. The number of ether oxygens (including phenoxy) is 1. The van der Waals surface area contributed by atoms with E-state index in [4.69, 9.17) is 10.00 Å². The fourth-order valence-electron chi connectivity index (χ4n) is 2.15. The molecule has 1 saturated carbocycles. The molecule has 1 fully saturated rings. The average molecular weight is 219 g/mol. The highest BCUT2D eigenvalue weighted by molar-refractivity contribution is 5.33. The number of rotatable bonds is 3. The van der Waals surface area contributed by atoms with Crippen LogP contribution in [0.2, 0.25) is 0 Å². The van der Waals surface area contributed by atoms with Gasteiger partial charge in [0.2, 0.25) is 0 Å². The van der Waals surface area contributed by atoms with Crippen LogP contribution in [0.4, 0.5) is 4.39 Å². The molecule has 0 aliphatic heterocycles. The van der Waals surface area contributed by atoms with Crippen LogP contribution in [-0.4, -0.2) is 7.11 Å². The van der Waals surface area contributed by atoms with E-state index in [9.17, 15) is 4.39 Å². The van der Waals surface area contributed by atoms with Crippen LogP contribution in [0.3, 0.4) is 0 Å². The van der Waals surface area contributed by atoms with E-state index in [1.807, 2.05) is 0 Å². The lowest BCUT2D eigenvalue weighted by Gasteiger charge is -2.35. The quantitative estimate of drug-likeness (QED) is 0.782. The van der Waals surface area contributed by atoms with Gasteiger partial charge in [0.1, 0.15) is 0 Å². The van der Waals surface area contributed by atoms with Gasteiger partial charge in [0.05, 0.1) is 18.6 Å². The van der Waals surface area contributed by atoms with Gasteiger partial charge >= 0.3 is 0 Å². The fraction of sp³-hybridized carbons (Fsp3) is 0.462. The van der Waals surface area contributed by atoms with Gasteiger partial charge in [0, 0.05) is 0 Å². The predicted molar refractivity (Wildman–Crippen MR) is 58.6 cm³/mol. The van der Waals surface area contributed by atoms with Crippen molar-refractivity contribution in [2.24, 2.45) is 5.41 Å². The SMILES string of the molecule is COc1cccc(CC2(C#N)CCC2)c1F. The van der Waals surface area contributed by atoms with Crippen molar-refractivity contribution in [2.45, 2.75) is 25.7 Å². The first-order valence-corrected chi connectivity index (χ1v) is 5.43. The van der Waals surface area contributed by atoms with Gasteiger partial charge in [-0.25, -0.2) is 4.39 Å². The molecule has 1 aliphatic rings. The van der Waals surface area contributed by atoms with Crippen LogP contribution in [-0.2, 0) is 6.42 Å². The van der Waals surface area contributed by atoms with Crippen LogP contribution in [0.15, 0.2) is 18.2 Å². The minimum absolute atomic E-state index is 0.255. The molecular weight excluding hydrogens is 205 g/mol.